The van der Waals surface area contributed by atoms with E-state index in [4.69, 9.17) is 0 Å². The molecule has 0 bridgehead atoms. The topological polar surface area (TPSA) is 32.3 Å². The minimum Gasteiger partial charge on any atom is -0.341 e. The molecule has 1 aliphatic rings. The molecule has 0 aromatic heterocycles. The molecular weight excluding hydrogens is 208 g/mol. The van der Waals surface area contributed by atoms with Crippen LogP contribution in [0.15, 0.2) is 0 Å². The Labute approximate surface area is 97.0 Å². The van der Waals surface area contributed by atoms with Gasteiger partial charge in [-0.3, -0.25) is 4.79 Å². The maximum absolute atomic E-state index is 11.8. The summed E-state index contributed by atoms with van der Waals surface area (Å²) in [7, 11) is 0. The third-order valence-corrected chi connectivity index (χ3v) is 3.72. The van der Waals surface area contributed by atoms with Crippen LogP contribution in [0.5, 0.6) is 0 Å². The minimum atomic E-state index is 0.310. The van der Waals surface area contributed by atoms with E-state index in [1.807, 2.05) is 4.90 Å². The smallest absolute Gasteiger partial charge is 0.232 e. The maximum atomic E-state index is 11.8. The molecule has 3 nitrogen and oxygen atoms in total. The van der Waals surface area contributed by atoms with Crippen LogP contribution in [0, 0.1) is 5.92 Å². The molecule has 0 aromatic rings. The van der Waals surface area contributed by atoms with Crippen molar-refractivity contribution >= 4 is 17.7 Å². The molecule has 0 aromatic carbocycles. The highest BCUT2D eigenvalue weighted by atomic mass is 32.2. The van der Waals surface area contributed by atoms with Gasteiger partial charge in [0.15, 0.2) is 0 Å². The van der Waals surface area contributed by atoms with Crippen LogP contribution in [0.2, 0.25) is 0 Å². The summed E-state index contributed by atoms with van der Waals surface area (Å²) < 4.78 is 0. The van der Waals surface area contributed by atoms with Gasteiger partial charge in [0.1, 0.15) is 0 Å². The molecule has 1 amide bonds. The number of nitrogens with one attached hydrogen (secondary N) is 1. The summed E-state index contributed by atoms with van der Waals surface area (Å²) >= 11 is 1.76. The van der Waals surface area contributed by atoms with Crippen molar-refractivity contribution in [3.63, 3.8) is 0 Å². The number of amides is 1. The number of thioether (sulfide) groups is 1. The van der Waals surface area contributed by atoms with Crippen molar-refractivity contribution in [3.05, 3.63) is 0 Å². The molecule has 0 aliphatic carbocycles. The number of carbonyl (C=O) groups excluding carboxylic acids is 1. The first-order valence-corrected chi connectivity index (χ1v) is 6.92. The summed E-state index contributed by atoms with van der Waals surface area (Å²) in [5, 5.41) is 3.31. The standard InChI is InChI=1S/C11H22N2OS/c1-10(2)8-15-9-11(14)13-6-3-4-12-5-7-13/h10,12H,3-9H2,1-2H3. The Bertz CT molecular complexity index is 189. The average molecular weight is 230 g/mol. The van der Waals surface area contributed by atoms with E-state index in [2.05, 4.69) is 19.2 Å². The molecule has 1 heterocycles. The summed E-state index contributed by atoms with van der Waals surface area (Å²) in [5.41, 5.74) is 0. The number of hydrogen-bond acceptors (Lipinski definition) is 3. The van der Waals surface area contributed by atoms with Gasteiger partial charge >= 0.3 is 0 Å². The predicted octanol–water partition coefficient (Wildman–Crippen LogP) is 1.20. The number of carbonyl (C=O) groups is 1. The van der Waals surface area contributed by atoms with Crippen LogP contribution in [-0.4, -0.2) is 48.5 Å². The molecule has 4 heteroatoms. The summed E-state index contributed by atoms with van der Waals surface area (Å²) in [4.78, 5) is 13.8. The lowest BCUT2D eigenvalue weighted by atomic mass is 10.3. The fourth-order valence-electron chi connectivity index (χ4n) is 1.57. The van der Waals surface area contributed by atoms with E-state index >= 15 is 0 Å². The van der Waals surface area contributed by atoms with Crippen molar-refractivity contribution in [2.75, 3.05) is 37.7 Å². The van der Waals surface area contributed by atoms with E-state index in [0.717, 1.165) is 38.4 Å². The van der Waals surface area contributed by atoms with Gasteiger partial charge in [-0.2, -0.15) is 11.8 Å². The molecule has 88 valence electrons. The van der Waals surface area contributed by atoms with Crippen molar-refractivity contribution in [3.8, 4) is 0 Å². The zero-order chi connectivity index (χ0) is 11.1. The quantitative estimate of drug-likeness (QED) is 0.787. The van der Waals surface area contributed by atoms with E-state index in [9.17, 15) is 4.79 Å². The molecule has 1 saturated heterocycles. The van der Waals surface area contributed by atoms with Crippen molar-refractivity contribution < 1.29 is 4.79 Å². The van der Waals surface area contributed by atoms with Crippen LogP contribution >= 0.6 is 11.8 Å². The largest absolute Gasteiger partial charge is 0.341 e. The first kappa shape index (κ1) is 12.8. The zero-order valence-corrected chi connectivity index (χ0v) is 10.6. The molecule has 0 spiro atoms. The van der Waals surface area contributed by atoms with E-state index < -0.39 is 0 Å². The van der Waals surface area contributed by atoms with Crippen LogP contribution in [0.25, 0.3) is 0 Å². The molecular formula is C11H22N2OS. The Morgan fingerprint density at radius 2 is 2.20 bits per heavy atom. The van der Waals surface area contributed by atoms with Gasteiger partial charge < -0.3 is 10.2 Å². The first-order valence-electron chi connectivity index (χ1n) is 5.76. The third-order valence-electron chi connectivity index (χ3n) is 2.37. The van der Waals surface area contributed by atoms with E-state index in [1.54, 1.807) is 11.8 Å². The minimum absolute atomic E-state index is 0.310. The fraction of sp³-hybridized carbons (Fsp3) is 0.909. The number of rotatable bonds is 4. The van der Waals surface area contributed by atoms with E-state index in [-0.39, 0.29) is 0 Å². The van der Waals surface area contributed by atoms with Crippen molar-refractivity contribution in [2.45, 2.75) is 20.3 Å². The molecule has 1 N–H and O–H groups in total. The van der Waals surface area contributed by atoms with Gasteiger partial charge in [-0.25, -0.2) is 0 Å². The highest BCUT2D eigenvalue weighted by molar-refractivity contribution is 7.99. The molecule has 0 unspecified atom stereocenters. The van der Waals surface area contributed by atoms with Gasteiger partial charge in [-0.15, -0.1) is 0 Å². The Morgan fingerprint density at radius 3 is 2.93 bits per heavy atom. The SMILES string of the molecule is CC(C)CSCC(=O)N1CCCNCC1. The third kappa shape index (κ3) is 5.42. The highest BCUT2D eigenvalue weighted by Gasteiger charge is 2.14. The molecule has 0 radical (unpaired) electrons. The molecule has 0 atom stereocenters. The normalized spacial score (nSPS) is 17.9. The Kier molecular flexibility index (Phi) is 6.10. The second-order valence-corrected chi connectivity index (χ2v) is 5.42. The molecule has 0 saturated carbocycles. The van der Waals surface area contributed by atoms with Gasteiger partial charge in [0.2, 0.25) is 5.91 Å². The maximum Gasteiger partial charge on any atom is 0.232 e. The lowest BCUT2D eigenvalue weighted by Crippen LogP contribution is -2.35. The van der Waals surface area contributed by atoms with Crippen molar-refractivity contribution in [1.82, 2.24) is 10.2 Å². The average Bonchev–Trinajstić information content (AvgIpc) is 2.44. The van der Waals surface area contributed by atoms with E-state index in [0.29, 0.717) is 17.6 Å². The number of hydrogen-bond donors (Lipinski definition) is 1. The van der Waals surface area contributed by atoms with Gasteiger partial charge in [-0.05, 0) is 24.6 Å². The lowest BCUT2D eigenvalue weighted by Gasteiger charge is -2.19. The molecule has 1 fully saturated rings. The molecule has 15 heavy (non-hydrogen) atoms. The lowest BCUT2D eigenvalue weighted by molar-refractivity contribution is -0.128. The van der Waals surface area contributed by atoms with Crippen molar-refractivity contribution in [2.24, 2.45) is 5.92 Å². The van der Waals surface area contributed by atoms with Crippen LogP contribution in [0.3, 0.4) is 0 Å². The predicted molar refractivity (Wildman–Crippen MR) is 66.2 cm³/mol. The Morgan fingerprint density at radius 1 is 1.40 bits per heavy atom. The zero-order valence-electron chi connectivity index (χ0n) is 9.79. The van der Waals surface area contributed by atoms with Gasteiger partial charge in [0, 0.05) is 19.6 Å². The summed E-state index contributed by atoms with van der Waals surface area (Å²) in [6.07, 6.45) is 1.08. The second kappa shape index (κ2) is 7.12. The Hall–Kier alpha value is -0.220. The van der Waals surface area contributed by atoms with Gasteiger partial charge in [-0.1, -0.05) is 13.8 Å². The second-order valence-electron chi connectivity index (χ2n) is 4.39. The van der Waals surface area contributed by atoms with Gasteiger partial charge in [0.25, 0.3) is 0 Å². The summed E-state index contributed by atoms with van der Waals surface area (Å²) in [5.74, 6) is 2.72. The van der Waals surface area contributed by atoms with Gasteiger partial charge in [0.05, 0.1) is 5.75 Å². The summed E-state index contributed by atoms with van der Waals surface area (Å²) in [6.45, 7) is 8.17. The first-order chi connectivity index (χ1) is 7.20. The Balaban J connectivity index is 2.19. The molecule has 1 rings (SSSR count). The van der Waals surface area contributed by atoms with Crippen LogP contribution < -0.4 is 5.32 Å². The van der Waals surface area contributed by atoms with Crippen LogP contribution in [-0.2, 0) is 4.79 Å². The van der Waals surface area contributed by atoms with Crippen molar-refractivity contribution in [1.29, 1.82) is 0 Å². The van der Waals surface area contributed by atoms with E-state index in [1.165, 1.54) is 0 Å². The number of nitrogens with zero attached hydrogens (tertiary/aromatic N) is 1. The fourth-order valence-corrected chi connectivity index (χ4v) is 2.51. The monoisotopic (exact) mass is 230 g/mol. The highest BCUT2D eigenvalue weighted by Crippen LogP contribution is 2.09. The molecule has 1 aliphatic heterocycles. The van der Waals surface area contributed by atoms with Crippen LogP contribution in [0.1, 0.15) is 20.3 Å². The summed E-state index contributed by atoms with van der Waals surface area (Å²) in [6, 6.07) is 0. The van der Waals surface area contributed by atoms with Crippen LogP contribution in [0.4, 0.5) is 0 Å².